The lowest BCUT2D eigenvalue weighted by atomic mass is 9.74. The van der Waals surface area contributed by atoms with Gasteiger partial charge in [-0.3, -0.25) is 10.1 Å². The number of ether oxygens (including phenoxy) is 2. The number of nitro groups is 1. The van der Waals surface area contributed by atoms with Crippen molar-refractivity contribution in [2.75, 3.05) is 19.9 Å². The zero-order valence-electron chi connectivity index (χ0n) is 14.9. The first-order valence-electron chi connectivity index (χ1n) is 9.34. The van der Waals surface area contributed by atoms with Gasteiger partial charge in [-0.15, -0.1) is 0 Å². The standard InChI is InChI=1S/C21H20N2O4/c24-23(25)18-12-20-19(26-14-27-20)11-16(18)13-22-9-7-21(8-10-22)6-5-15-3-1-2-4-17(15)21/h1-6,11-12H,7-10,13-14H2/p+1. The highest BCUT2D eigenvalue weighted by atomic mass is 16.7. The van der Waals surface area contributed by atoms with Crippen molar-refractivity contribution < 1.29 is 19.3 Å². The number of nitrogens with zero attached hydrogens (tertiary/aromatic N) is 1. The van der Waals surface area contributed by atoms with Crippen molar-refractivity contribution in [2.45, 2.75) is 24.8 Å². The Hall–Kier alpha value is -2.86. The molecule has 1 fully saturated rings. The van der Waals surface area contributed by atoms with E-state index in [0.29, 0.717) is 18.0 Å². The van der Waals surface area contributed by atoms with Gasteiger partial charge in [-0.25, -0.2) is 0 Å². The van der Waals surface area contributed by atoms with E-state index in [1.54, 1.807) is 6.07 Å². The molecule has 0 bridgehead atoms. The quantitative estimate of drug-likeness (QED) is 0.670. The number of nitro benzene ring substituents is 1. The van der Waals surface area contributed by atoms with Gasteiger partial charge in [0.15, 0.2) is 11.5 Å². The molecule has 2 aromatic rings. The summed E-state index contributed by atoms with van der Waals surface area (Å²) in [6, 6.07) is 11.9. The van der Waals surface area contributed by atoms with Gasteiger partial charge in [-0.05, 0) is 17.2 Å². The van der Waals surface area contributed by atoms with Crippen LogP contribution in [0.5, 0.6) is 11.5 Å². The number of likely N-dealkylation sites (tertiary alicyclic amines) is 1. The number of quaternary nitrogens is 1. The van der Waals surface area contributed by atoms with Crippen LogP contribution < -0.4 is 14.4 Å². The van der Waals surface area contributed by atoms with Crippen LogP contribution in [0.15, 0.2) is 42.5 Å². The molecule has 27 heavy (non-hydrogen) atoms. The van der Waals surface area contributed by atoms with Crippen LogP contribution in [0.2, 0.25) is 0 Å². The number of piperidine rings is 1. The van der Waals surface area contributed by atoms with Crippen molar-refractivity contribution in [1.29, 1.82) is 0 Å². The van der Waals surface area contributed by atoms with E-state index < -0.39 is 0 Å². The number of fused-ring (bicyclic) bond motifs is 3. The summed E-state index contributed by atoms with van der Waals surface area (Å²) in [6.07, 6.45) is 6.73. The zero-order valence-corrected chi connectivity index (χ0v) is 14.9. The number of rotatable bonds is 3. The monoisotopic (exact) mass is 365 g/mol. The molecule has 0 saturated carbocycles. The minimum Gasteiger partial charge on any atom is -0.454 e. The fourth-order valence-electron chi connectivity index (χ4n) is 4.65. The first-order valence-corrected chi connectivity index (χ1v) is 9.34. The van der Waals surface area contributed by atoms with Crippen molar-refractivity contribution in [1.82, 2.24) is 0 Å². The maximum Gasteiger partial charge on any atom is 0.282 e. The third-order valence-electron chi connectivity index (χ3n) is 6.14. The number of hydrogen-bond acceptors (Lipinski definition) is 4. The van der Waals surface area contributed by atoms with Crippen molar-refractivity contribution in [3.63, 3.8) is 0 Å². The van der Waals surface area contributed by atoms with Crippen molar-refractivity contribution in [3.05, 3.63) is 69.3 Å². The summed E-state index contributed by atoms with van der Waals surface area (Å²) in [5.41, 5.74) is 3.74. The molecule has 5 rings (SSSR count). The lowest BCUT2D eigenvalue weighted by Gasteiger charge is -2.37. The Morgan fingerprint density at radius 3 is 2.63 bits per heavy atom. The molecule has 1 N–H and O–H groups in total. The van der Waals surface area contributed by atoms with Crippen LogP contribution in [0.4, 0.5) is 5.69 Å². The average molecular weight is 365 g/mol. The fourth-order valence-corrected chi connectivity index (χ4v) is 4.65. The number of nitrogens with one attached hydrogen (secondary N) is 1. The predicted molar refractivity (Wildman–Crippen MR) is 100 cm³/mol. The van der Waals surface area contributed by atoms with Crippen LogP contribution in [0, 0.1) is 10.1 Å². The van der Waals surface area contributed by atoms with Gasteiger partial charge in [0.2, 0.25) is 6.79 Å². The van der Waals surface area contributed by atoms with E-state index in [1.807, 2.05) is 0 Å². The molecule has 0 amide bonds. The van der Waals surface area contributed by atoms with Crippen molar-refractivity contribution in [3.8, 4) is 11.5 Å². The van der Waals surface area contributed by atoms with Crippen LogP contribution in [0.1, 0.15) is 29.5 Å². The van der Waals surface area contributed by atoms with Gasteiger partial charge in [-0.1, -0.05) is 36.4 Å². The van der Waals surface area contributed by atoms with Crippen LogP contribution >= 0.6 is 0 Å². The van der Waals surface area contributed by atoms with Gasteiger partial charge in [0.1, 0.15) is 6.54 Å². The van der Waals surface area contributed by atoms with Gasteiger partial charge < -0.3 is 14.4 Å². The van der Waals surface area contributed by atoms with Crippen LogP contribution in [-0.4, -0.2) is 24.8 Å². The molecule has 2 heterocycles. The number of hydrogen-bond donors (Lipinski definition) is 1. The summed E-state index contributed by atoms with van der Waals surface area (Å²) in [7, 11) is 0. The number of allylic oxidation sites excluding steroid dienone is 1. The Kier molecular flexibility index (Phi) is 3.68. The molecule has 0 unspecified atom stereocenters. The van der Waals surface area contributed by atoms with Crippen LogP contribution in [0.3, 0.4) is 0 Å². The SMILES string of the molecule is O=[N+]([O-])c1cc2c(cc1C[NH+]1CCC3(C=Cc4ccccc43)CC1)OCO2. The molecule has 1 aliphatic carbocycles. The molecule has 6 heteroatoms. The smallest absolute Gasteiger partial charge is 0.282 e. The maximum absolute atomic E-state index is 11.5. The Morgan fingerprint density at radius 1 is 1.11 bits per heavy atom. The normalized spacial score (nSPS) is 25.0. The van der Waals surface area contributed by atoms with Crippen LogP contribution in [0.25, 0.3) is 6.08 Å². The lowest BCUT2D eigenvalue weighted by molar-refractivity contribution is -0.920. The fraction of sp³-hybridized carbons (Fsp3) is 0.333. The highest BCUT2D eigenvalue weighted by Crippen LogP contribution is 2.42. The molecule has 2 aliphatic heterocycles. The second kappa shape index (κ2) is 6.09. The molecule has 2 aromatic carbocycles. The van der Waals surface area contributed by atoms with E-state index >= 15 is 0 Å². The molecule has 0 aromatic heterocycles. The number of benzene rings is 2. The molecule has 1 saturated heterocycles. The van der Waals surface area contributed by atoms with Gasteiger partial charge in [-0.2, -0.15) is 0 Å². The summed E-state index contributed by atoms with van der Waals surface area (Å²) < 4.78 is 10.7. The van der Waals surface area contributed by atoms with E-state index in [0.717, 1.165) is 31.5 Å². The van der Waals surface area contributed by atoms with E-state index in [1.165, 1.54) is 22.1 Å². The summed E-state index contributed by atoms with van der Waals surface area (Å²) in [5.74, 6) is 1.07. The molecule has 6 nitrogen and oxygen atoms in total. The van der Waals surface area contributed by atoms with E-state index in [2.05, 4.69) is 36.4 Å². The van der Waals surface area contributed by atoms with Gasteiger partial charge in [0, 0.05) is 18.3 Å². The van der Waals surface area contributed by atoms with E-state index in [4.69, 9.17) is 9.47 Å². The van der Waals surface area contributed by atoms with E-state index in [-0.39, 0.29) is 22.8 Å². The van der Waals surface area contributed by atoms with E-state index in [9.17, 15) is 10.1 Å². The average Bonchev–Trinajstić information content (AvgIpc) is 3.28. The minimum atomic E-state index is -0.321. The molecular formula is C21H21N2O4+. The third kappa shape index (κ3) is 2.68. The first-order chi connectivity index (χ1) is 13.1. The molecule has 3 aliphatic rings. The maximum atomic E-state index is 11.5. The second-order valence-corrected chi connectivity index (χ2v) is 7.59. The van der Waals surface area contributed by atoms with Crippen LogP contribution in [-0.2, 0) is 12.0 Å². The van der Waals surface area contributed by atoms with Gasteiger partial charge in [0.25, 0.3) is 5.69 Å². The topological polar surface area (TPSA) is 66.0 Å². The summed E-state index contributed by atoms with van der Waals surface area (Å²) >= 11 is 0. The zero-order chi connectivity index (χ0) is 18.4. The molecule has 0 atom stereocenters. The Morgan fingerprint density at radius 2 is 1.85 bits per heavy atom. The minimum absolute atomic E-state index is 0.123. The Bertz CT molecular complexity index is 945. The largest absolute Gasteiger partial charge is 0.454 e. The van der Waals surface area contributed by atoms with Crippen molar-refractivity contribution >= 4 is 11.8 Å². The molecule has 0 radical (unpaired) electrons. The summed E-state index contributed by atoms with van der Waals surface area (Å²) in [6.45, 7) is 2.74. The van der Waals surface area contributed by atoms with Gasteiger partial charge >= 0.3 is 0 Å². The molecular weight excluding hydrogens is 344 g/mol. The summed E-state index contributed by atoms with van der Waals surface area (Å²) in [5, 5.41) is 11.5. The lowest BCUT2D eigenvalue weighted by Crippen LogP contribution is -3.12. The highest BCUT2D eigenvalue weighted by molar-refractivity contribution is 5.65. The predicted octanol–water partition coefficient (Wildman–Crippen LogP) is 2.47. The second-order valence-electron chi connectivity index (χ2n) is 7.59. The first kappa shape index (κ1) is 16.3. The highest BCUT2D eigenvalue weighted by Gasteiger charge is 2.40. The van der Waals surface area contributed by atoms with Crippen molar-refractivity contribution in [2.24, 2.45) is 0 Å². The van der Waals surface area contributed by atoms with Gasteiger partial charge in [0.05, 0.1) is 29.6 Å². The molecule has 138 valence electrons. The Labute approximate surface area is 157 Å². The third-order valence-corrected chi connectivity index (χ3v) is 6.14. The molecule has 1 spiro atoms. The Balaban J connectivity index is 1.35. The summed E-state index contributed by atoms with van der Waals surface area (Å²) in [4.78, 5) is 12.5.